The average molecular weight is 283 g/mol. The highest BCUT2D eigenvalue weighted by Crippen LogP contribution is 2.12. The van der Waals surface area contributed by atoms with E-state index in [9.17, 15) is 18.0 Å². The second-order valence-corrected chi connectivity index (χ2v) is 5.83. The predicted octanol–water partition coefficient (Wildman–Crippen LogP) is -0.272. The van der Waals surface area contributed by atoms with Gasteiger partial charge < -0.3 is 10.1 Å². The SMILES string of the molecule is Cc1nc(S(C)(=O)=O)nc2[nH]cc(C(=O)O)c(=O)c12. The molecular formula is C10H9N3O5S. The van der Waals surface area contributed by atoms with Gasteiger partial charge in [-0.25, -0.2) is 18.2 Å². The molecule has 2 aromatic heterocycles. The maximum Gasteiger partial charge on any atom is 0.341 e. The van der Waals surface area contributed by atoms with E-state index in [1.807, 2.05) is 0 Å². The summed E-state index contributed by atoms with van der Waals surface area (Å²) < 4.78 is 22.8. The fourth-order valence-corrected chi connectivity index (χ4v) is 2.15. The van der Waals surface area contributed by atoms with Crippen molar-refractivity contribution in [2.45, 2.75) is 12.1 Å². The number of aryl methyl sites for hydroxylation is 1. The topological polar surface area (TPSA) is 130 Å². The molecule has 2 N–H and O–H groups in total. The molecule has 0 bridgehead atoms. The normalized spacial score (nSPS) is 11.7. The van der Waals surface area contributed by atoms with E-state index >= 15 is 0 Å². The molecule has 0 amide bonds. The van der Waals surface area contributed by atoms with Gasteiger partial charge in [0, 0.05) is 12.5 Å². The van der Waals surface area contributed by atoms with Crippen LogP contribution in [0.25, 0.3) is 11.0 Å². The van der Waals surface area contributed by atoms with Gasteiger partial charge in [-0.3, -0.25) is 4.79 Å². The molecule has 0 aliphatic rings. The first-order valence-electron chi connectivity index (χ1n) is 5.05. The van der Waals surface area contributed by atoms with Crippen LogP contribution in [0.4, 0.5) is 0 Å². The Labute approximate surface area is 107 Å². The molecule has 0 saturated heterocycles. The fraction of sp³-hybridized carbons (Fsp3) is 0.200. The Morgan fingerprint density at radius 3 is 2.53 bits per heavy atom. The zero-order valence-electron chi connectivity index (χ0n) is 9.96. The Kier molecular flexibility index (Phi) is 2.85. The van der Waals surface area contributed by atoms with E-state index in [-0.39, 0.29) is 16.7 Å². The number of hydrogen-bond acceptors (Lipinski definition) is 6. The van der Waals surface area contributed by atoms with E-state index in [2.05, 4.69) is 15.0 Å². The minimum absolute atomic E-state index is 0.0112. The molecule has 9 heteroatoms. The van der Waals surface area contributed by atoms with Crippen LogP contribution < -0.4 is 5.43 Å². The molecule has 0 saturated carbocycles. The maximum atomic E-state index is 11.9. The van der Waals surface area contributed by atoms with Crippen molar-refractivity contribution in [1.82, 2.24) is 15.0 Å². The molecule has 0 radical (unpaired) electrons. The molecule has 0 atom stereocenters. The largest absolute Gasteiger partial charge is 0.477 e. The fourth-order valence-electron chi connectivity index (χ4n) is 1.59. The van der Waals surface area contributed by atoms with Gasteiger partial charge >= 0.3 is 5.97 Å². The van der Waals surface area contributed by atoms with Crippen LogP contribution in [-0.2, 0) is 9.84 Å². The molecule has 19 heavy (non-hydrogen) atoms. The second-order valence-electron chi connectivity index (χ2n) is 3.92. The van der Waals surface area contributed by atoms with E-state index in [0.29, 0.717) is 0 Å². The molecule has 0 aromatic carbocycles. The average Bonchev–Trinajstić information content (AvgIpc) is 2.26. The highest BCUT2D eigenvalue weighted by atomic mass is 32.2. The number of pyridine rings is 1. The van der Waals surface area contributed by atoms with Gasteiger partial charge in [-0.1, -0.05) is 0 Å². The van der Waals surface area contributed by atoms with E-state index in [1.165, 1.54) is 6.92 Å². The highest BCUT2D eigenvalue weighted by molar-refractivity contribution is 7.90. The number of carbonyl (C=O) groups is 1. The first kappa shape index (κ1) is 13.1. The van der Waals surface area contributed by atoms with Gasteiger partial charge in [0.15, 0.2) is 0 Å². The number of carboxylic acid groups (broad SMARTS) is 1. The van der Waals surface area contributed by atoms with Crippen molar-refractivity contribution in [3.05, 3.63) is 27.7 Å². The van der Waals surface area contributed by atoms with Crippen LogP contribution in [0.3, 0.4) is 0 Å². The number of H-pyrrole nitrogens is 1. The molecule has 0 fully saturated rings. The van der Waals surface area contributed by atoms with E-state index in [4.69, 9.17) is 5.11 Å². The quantitative estimate of drug-likeness (QED) is 0.725. The van der Waals surface area contributed by atoms with Crippen molar-refractivity contribution in [2.75, 3.05) is 6.26 Å². The number of rotatable bonds is 2. The Morgan fingerprint density at radius 2 is 2.00 bits per heavy atom. The van der Waals surface area contributed by atoms with E-state index in [0.717, 1.165) is 12.5 Å². The van der Waals surface area contributed by atoms with Crippen LogP contribution in [0, 0.1) is 6.92 Å². The summed E-state index contributed by atoms with van der Waals surface area (Å²) in [5.41, 5.74) is -1.11. The second kappa shape index (κ2) is 4.12. The lowest BCUT2D eigenvalue weighted by atomic mass is 10.2. The van der Waals surface area contributed by atoms with Crippen molar-refractivity contribution in [3.63, 3.8) is 0 Å². The van der Waals surface area contributed by atoms with Gasteiger partial charge in [-0.2, -0.15) is 4.98 Å². The van der Waals surface area contributed by atoms with Crippen molar-refractivity contribution in [3.8, 4) is 0 Å². The number of aromatic carboxylic acids is 1. The summed E-state index contributed by atoms with van der Waals surface area (Å²) in [7, 11) is -3.62. The third-order valence-corrected chi connectivity index (χ3v) is 3.30. The molecule has 100 valence electrons. The van der Waals surface area contributed by atoms with Gasteiger partial charge in [-0.05, 0) is 6.92 Å². The first-order chi connectivity index (χ1) is 8.71. The summed E-state index contributed by atoms with van der Waals surface area (Å²) in [5, 5.41) is 8.39. The summed E-state index contributed by atoms with van der Waals surface area (Å²) in [5.74, 6) is -1.38. The lowest BCUT2D eigenvalue weighted by Gasteiger charge is -2.04. The number of fused-ring (bicyclic) bond motifs is 1. The van der Waals surface area contributed by atoms with E-state index in [1.54, 1.807) is 0 Å². The van der Waals surface area contributed by atoms with Crippen LogP contribution in [-0.4, -0.2) is 40.7 Å². The van der Waals surface area contributed by atoms with Gasteiger partial charge in [0.1, 0.15) is 11.2 Å². The van der Waals surface area contributed by atoms with Crippen LogP contribution in [0.1, 0.15) is 16.1 Å². The van der Waals surface area contributed by atoms with Crippen molar-refractivity contribution >= 4 is 26.8 Å². The molecule has 2 aromatic rings. The van der Waals surface area contributed by atoms with Crippen molar-refractivity contribution in [2.24, 2.45) is 0 Å². The molecule has 0 spiro atoms. The molecular weight excluding hydrogens is 274 g/mol. The Morgan fingerprint density at radius 1 is 1.37 bits per heavy atom. The highest BCUT2D eigenvalue weighted by Gasteiger charge is 2.18. The first-order valence-corrected chi connectivity index (χ1v) is 6.94. The number of hydrogen-bond donors (Lipinski definition) is 2. The van der Waals surface area contributed by atoms with Gasteiger partial charge in [0.05, 0.1) is 11.1 Å². The zero-order chi connectivity index (χ0) is 14.4. The smallest absolute Gasteiger partial charge is 0.341 e. The zero-order valence-corrected chi connectivity index (χ0v) is 10.8. The monoisotopic (exact) mass is 283 g/mol. The van der Waals surface area contributed by atoms with Crippen LogP contribution in [0.2, 0.25) is 0 Å². The van der Waals surface area contributed by atoms with Gasteiger partial charge in [0.2, 0.25) is 20.4 Å². The van der Waals surface area contributed by atoms with E-state index < -0.39 is 32.0 Å². The summed E-state index contributed by atoms with van der Waals surface area (Å²) in [6.45, 7) is 1.42. The molecule has 2 rings (SSSR count). The number of aromatic amines is 1. The number of aromatic nitrogens is 3. The van der Waals surface area contributed by atoms with Gasteiger partial charge in [0.25, 0.3) is 0 Å². The van der Waals surface area contributed by atoms with Crippen LogP contribution >= 0.6 is 0 Å². The summed E-state index contributed by atoms with van der Waals surface area (Å²) >= 11 is 0. The number of sulfone groups is 1. The number of nitrogens with one attached hydrogen (secondary N) is 1. The summed E-state index contributed by atoms with van der Waals surface area (Å²) in [6, 6.07) is 0. The predicted molar refractivity (Wildman–Crippen MR) is 65.0 cm³/mol. The standard InChI is InChI=1S/C10H9N3O5S/c1-4-6-7(14)5(9(15)16)3-11-8(6)13-10(12-4)19(2,17)18/h3H,1-2H3,(H,15,16)(H,11,12,13,14). The number of carboxylic acids is 1. The van der Waals surface area contributed by atoms with Crippen LogP contribution in [0.15, 0.2) is 16.1 Å². The van der Waals surface area contributed by atoms with Crippen molar-refractivity contribution < 1.29 is 18.3 Å². The lowest BCUT2D eigenvalue weighted by Crippen LogP contribution is -2.18. The minimum atomic E-state index is -3.62. The molecule has 0 aliphatic heterocycles. The lowest BCUT2D eigenvalue weighted by molar-refractivity contribution is 0.0695. The van der Waals surface area contributed by atoms with Gasteiger partial charge in [-0.15, -0.1) is 0 Å². The maximum absolute atomic E-state index is 11.9. The molecule has 2 heterocycles. The van der Waals surface area contributed by atoms with Crippen LogP contribution in [0.5, 0.6) is 0 Å². The minimum Gasteiger partial charge on any atom is -0.477 e. The molecule has 8 nitrogen and oxygen atoms in total. The third kappa shape index (κ3) is 2.19. The molecule has 0 unspecified atom stereocenters. The summed E-state index contributed by atoms with van der Waals surface area (Å²) in [4.78, 5) is 32.7. The Balaban J connectivity index is 2.93. The number of nitrogens with zero attached hydrogens (tertiary/aromatic N) is 2. The Bertz CT molecular complexity index is 853. The molecule has 0 aliphatic carbocycles. The summed E-state index contributed by atoms with van der Waals surface area (Å²) in [6.07, 6.45) is 1.92. The van der Waals surface area contributed by atoms with Crippen molar-refractivity contribution in [1.29, 1.82) is 0 Å². The Hall–Kier alpha value is -2.29. The third-order valence-electron chi connectivity index (χ3n) is 2.46.